The van der Waals surface area contributed by atoms with Crippen LogP contribution < -0.4 is 29.2 Å². The summed E-state index contributed by atoms with van der Waals surface area (Å²) < 4.78 is 58.4. The number of rotatable bonds is 12. The molecule has 17 heteroatoms. The average molecular weight is 895 g/mol. The highest BCUT2D eigenvalue weighted by atomic mass is 35.5. The van der Waals surface area contributed by atoms with Crippen molar-refractivity contribution in [2.24, 2.45) is 0 Å². The lowest BCUT2D eigenvalue weighted by Crippen LogP contribution is -2.38. The van der Waals surface area contributed by atoms with Gasteiger partial charge in [0.1, 0.15) is 64.8 Å². The van der Waals surface area contributed by atoms with Crippen molar-refractivity contribution in [3.63, 3.8) is 0 Å². The molecule has 0 saturated carbocycles. The van der Waals surface area contributed by atoms with Crippen LogP contribution in [0.2, 0.25) is 5.02 Å². The number of anilines is 1. The molecule has 1 aliphatic heterocycles. The van der Waals surface area contributed by atoms with E-state index in [4.69, 9.17) is 49.7 Å². The van der Waals surface area contributed by atoms with Gasteiger partial charge in [-0.3, -0.25) is 0 Å². The summed E-state index contributed by atoms with van der Waals surface area (Å²) in [5.41, 5.74) is 2.73. The first kappa shape index (κ1) is 44.1. The topological polar surface area (TPSA) is 158 Å². The Kier molecular flexibility index (Phi) is 12.1. The van der Waals surface area contributed by atoms with Crippen molar-refractivity contribution in [1.29, 1.82) is 0 Å². The summed E-state index contributed by atoms with van der Waals surface area (Å²) in [4.78, 5) is 40.9. The number of aromatic nitrogens is 4. The third-order valence-electron chi connectivity index (χ3n) is 10.5. The second kappa shape index (κ2) is 17.6. The summed E-state index contributed by atoms with van der Waals surface area (Å²) in [6.07, 6.45) is 0.722. The number of pyridine rings is 1. The Morgan fingerprint density at radius 1 is 0.875 bits per heavy atom. The van der Waals surface area contributed by atoms with E-state index in [0.717, 1.165) is 28.2 Å². The number of fused-ring (bicyclic) bond motifs is 3. The van der Waals surface area contributed by atoms with Gasteiger partial charge in [0.05, 0.1) is 36.2 Å². The Morgan fingerprint density at radius 3 is 2.16 bits per heavy atom. The van der Waals surface area contributed by atoms with Crippen LogP contribution in [0.1, 0.15) is 57.6 Å². The van der Waals surface area contributed by atoms with Crippen LogP contribution in [0, 0.1) is 12.7 Å². The van der Waals surface area contributed by atoms with Crippen molar-refractivity contribution in [1.82, 2.24) is 24.8 Å². The monoisotopic (exact) mass is 894 g/mol. The zero-order chi connectivity index (χ0) is 45.5. The predicted molar refractivity (Wildman–Crippen MR) is 237 cm³/mol. The third-order valence-corrected chi connectivity index (χ3v) is 10.8. The highest BCUT2D eigenvalue weighted by molar-refractivity contribution is 6.33. The minimum atomic E-state index is -1.06. The van der Waals surface area contributed by atoms with Crippen LogP contribution in [0.4, 0.5) is 19.8 Å². The van der Waals surface area contributed by atoms with Crippen LogP contribution in [-0.4, -0.2) is 76.1 Å². The van der Waals surface area contributed by atoms with Gasteiger partial charge in [0.25, 0.3) is 0 Å². The number of ether oxygens (including phenoxy) is 7. The molecule has 1 N–H and O–H groups in total. The number of alkyl carbamates (subject to hydrolysis) is 1. The molecule has 0 radical (unpaired) electrons. The van der Waals surface area contributed by atoms with Gasteiger partial charge in [-0.1, -0.05) is 41.9 Å². The minimum absolute atomic E-state index is 0.0377. The van der Waals surface area contributed by atoms with Crippen LogP contribution >= 0.6 is 11.6 Å². The van der Waals surface area contributed by atoms with Crippen molar-refractivity contribution in [3.8, 4) is 23.1 Å². The first-order valence-electron chi connectivity index (χ1n) is 20.5. The number of hydrogen-bond acceptors (Lipinski definition) is 13. The summed E-state index contributed by atoms with van der Waals surface area (Å²) in [5.74, 6) is 0.979. The van der Waals surface area contributed by atoms with Crippen molar-refractivity contribution in [2.75, 3.05) is 25.7 Å². The fraction of sp³-hybridized carbons (Fsp3) is 0.340. The number of halogens is 2. The molecule has 2 aliphatic rings. The number of hydrogen-bond donors (Lipinski definition) is 1. The Morgan fingerprint density at radius 2 is 1.53 bits per heavy atom. The van der Waals surface area contributed by atoms with Gasteiger partial charge in [0.2, 0.25) is 5.88 Å². The number of amides is 2. The van der Waals surface area contributed by atoms with Crippen molar-refractivity contribution < 1.29 is 47.1 Å². The van der Waals surface area contributed by atoms with Gasteiger partial charge in [-0.05, 0) is 94.6 Å². The zero-order valence-corrected chi connectivity index (χ0v) is 37.4. The molecule has 3 aromatic carbocycles. The molecule has 4 heterocycles. The summed E-state index contributed by atoms with van der Waals surface area (Å²) in [7, 11) is 3.24. The maximum absolute atomic E-state index is 15.9. The molecule has 1 fully saturated rings. The maximum Gasteiger partial charge on any atom is 0.423 e. The average Bonchev–Trinajstić information content (AvgIpc) is 3.90. The molecule has 15 nitrogen and oxygen atoms in total. The molecule has 334 valence electrons. The second-order valence-corrected chi connectivity index (χ2v) is 17.3. The summed E-state index contributed by atoms with van der Waals surface area (Å²) in [5, 5.41) is 3.01. The highest BCUT2D eigenvalue weighted by Crippen LogP contribution is 2.45. The molecule has 1 saturated heterocycles. The summed E-state index contributed by atoms with van der Waals surface area (Å²) in [6.45, 7) is 11.3. The van der Waals surface area contributed by atoms with Crippen LogP contribution in [-0.2, 0) is 27.3 Å². The van der Waals surface area contributed by atoms with Crippen molar-refractivity contribution in [2.45, 2.75) is 84.3 Å². The largest absolute Gasteiger partial charge is 0.497 e. The molecule has 0 bridgehead atoms. The van der Waals surface area contributed by atoms with E-state index in [2.05, 4.69) is 15.3 Å². The molecule has 0 unspecified atom stereocenters. The van der Waals surface area contributed by atoms with E-state index < -0.39 is 47.6 Å². The van der Waals surface area contributed by atoms with E-state index in [9.17, 15) is 9.59 Å². The maximum atomic E-state index is 15.9. The lowest BCUT2D eigenvalue weighted by atomic mass is 10.1. The van der Waals surface area contributed by atoms with Crippen LogP contribution in [0.15, 0.2) is 90.6 Å². The normalized spacial score (nSPS) is 17.8. The minimum Gasteiger partial charge on any atom is -0.497 e. The Hall–Kier alpha value is -6.49. The number of nitrogens with one attached hydrogen (secondary N) is 1. The SMILES string of the molecule is COc1ccc(CN(Cc2ccc(OC)cc2)c2nc3cc(OCC4=C[C@@H](n5ccc6c(OC(=O)NC(=O)OC(C)(C)C)nc(C)nc65)[C@@H]5OC(C)(C)O[C@H]45)cc(F)c3cc2Cl)cc1. The Balaban J connectivity index is 1.06. The summed E-state index contributed by atoms with van der Waals surface area (Å²) >= 11 is 6.90. The molecule has 6 aromatic rings. The number of aryl methyl sites for hydroxylation is 1. The number of carbonyl (C=O) groups is 2. The number of nitrogens with zero attached hydrogens (tertiary/aromatic N) is 5. The van der Waals surface area contributed by atoms with E-state index in [-0.39, 0.29) is 28.6 Å². The third kappa shape index (κ3) is 9.68. The number of imide groups is 1. The van der Waals surface area contributed by atoms with Gasteiger partial charge in [0.15, 0.2) is 5.79 Å². The zero-order valence-electron chi connectivity index (χ0n) is 36.6. The van der Waals surface area contributed by atoms with Gasteiger partial charge in [-0.25, -0.2) is 29.3 Å². The first-order valence-corrected chi connectivity index (χ1v) is 20.9. The molecule has 3 atom stereocenters. The van der Waals surface area contributed by atoms with E-state index >= 15 is 4.39 Å². The van der Waals surface area contributed by atoms with Crippen molar-refractivity contribution in [3.05, 3.63) is 118 Å². The molecular weight excluding hydrogens is 847 g/mol. The number of carbonyl (C=O) groups excluding carboxylic acids is 2. The highest BCUT2D eigenvalue weighted by Gasteiger charge is 2.51. The van der Waals surface area contributed by atoms with Crippen LogP contribution in [0.5, 0.6) is 23.1 Å². The standard InChI is InChI=1S/C47H48ClFN6O9/c1-26-50-41-33(43(51-26)61-44(56)53-45(57)64-46(2,3)4)17-18-55(41)38-19-29(39-40(38)63-47(5,6)62-39)25-60-32-20-36(49)34-22-35(48)42(52-37(34)21-32)54(23-27-9-13-30(58-7)14-10-27)24-28-11-15-31(59-8)16-12-28/h9-22,38-40H,23-25H2,1-8H3,(H,53,56,57)/t38-,39-,40+/m1/s1. The lowest BCUT2D eigenvalue weighted by Gasteiger charge is -2.26. The molecule has 64 heavy (non-hydrogen) atoms. The van der Waals surface area contributed by atoms with E-state index in [1.54, 1.807) is 66.3 Å². The molecule has 0 spiro atoms. The number of benzene rings is 3. The fourth-order valence-electron chi connectivity index (χ4n) is 7.78. The molecular formula is C47H48ClFN6O9. The Labute approximate surface area is 374 Å². The van der Waals surface area contributed by atoms with E-state index in [0.29, 0.717) is 41.3 Å². The molecule has 3 aromatic heterocycles. The quantitative estimate of drug-likeness (QED) is 0.116. The van der Waals surface area contributed by atoms with E-state index in [1.807, 2.05) is 77.9 Å². The summed E-state index contributed by atoms with van der Waals surface area (Å²) in [6, 6.07) is 21.3. The molecule has 8 rings (SSSR count). The van der Waals surface area contributed by atoms with Crippen molar-refractivity contribution >= 4 is 51.5 Å². The lowest BCUT2D eigenvalue weighted by molar-refractivity contribution is -0.148. The van der Waals surface area contributed by atoms with Gasteiger partial charge < -0.3 is 42.6 Å². The molecule has 1 aliphatic carbocycles. The second-order valence-electron chi connectivity index (χ2n) is 16.9. The van der Waals surface area contributed by atoms with Gasteiger partial charge in [-0.2, -0.15) is 4.98 Å². The Bertz CT molecular complexity index is 2710. The fourth-order valence-corrected chi connectivity index (χ4v) is 8.06. The van der Waals surface area contributed by atoms with Gasteiger partial charge in [0, 0.05) is 36.8 Å². The smallest absolute Gasteiger partial charge is 0.423 e. The van der Waals surface area contributed by atoms with Crippen LogP contribution in [0.25, 0.3) is 21.9 Å². The van der Waals surface area contributed by atoms with Crippen LogP contribution in [0.3, 0.4) is 0 Å². The van der Waals surface area contributed by atoms with Gasteiger partial charge in [-0.15, -0.1) is 0 Å². The predicted octanol–water partition coefficient (Wildman–Crippen LogP) is 9.41. The molecule has 2 amide bonds. The number of methoxy groups -OCH3 is 2. The van der Waals surface area contributed by atoms with Gasteiger partial charge >= 0.3 is 12.2 Å². The first-order chi connectivity index (χ1) is 30.4. The van der Waals surface area contributed by atoms with E-state index in [1.165, 1.54) is 6.07 Å².